The fourth-order valence-electron chi connectivity index (χ4n) is 5.17. The molecule has 1 aliphatic heterocycles. The number of anilines is 2. The van der Waals surface area contributed by atoms with Crippen molar-refractivity contribution in [2.75, 3.05) is 36.5 Å². The third-order valence-corrected chi connectivity index (χ3v) is 9.80. The van der Waals surface area contributed by atoms with Crippen LogP contribution in [0.25, 0.3) is 0 Å². The number of nitrogens with zero attached hydrogens (tertiary/aromatic N) is 5. The third kappa shape index (κ3) is 5.71. The van der Waals surface area contributed by atoms with Gasteiger partial charge in [-0.05, 0) is 55.7 Å². The standard InChI is InChI=1S/C29H32FN5O5S2/c1-18-12-26(42(37,38)35(27-16-41-17-31-27)14-21-6-8-23(39-5)9-7-21)24(30)13-25(18)33(4)22-10-11-34(15-22)29(36)28-19(2)40-20(3)32-28/h6-9,12-13,16-17,22H,10-11,14-15H2,1-5H3/t22-/m0/s1. The molecule has 1 fully saturated rings. The van der Waals surface area contributed by atoms with Gasteiger partial charge in [0.1, 0.15) is 22.2 Å². The number of rotatable bonds is 9. The molecule has 2 aromatic carbocycles. The van der Waals surface area contributed by atoms with E-state index < -0.39 is 20.7 Å². The average Bonchev–Trinajstić information content (AvgIpc) is 3.74. The van der Waals surface area contributed by atoms with Crippen LogP contribution in [-0.4, -0.2) is 62.5 Å². The number of likely N-dealkylation sites (tertiary alicyclic amines) is 1. The van der Waals surface area contributed by atoms with Gasteiger partial charge in [0, 0.05) is 44.2 Å². The molecule has 0 spiro atoms. The zero-order chi connectivity index (χ0) is 30.2. The molecule has 1 saturated heterocycles. The van der Waals surface area contributed by atoms with E-state index in [0.29, 0.717) is 59.4 Å². The number of methoxy groups -OCH3 is 1. The SMILES string of the molecule is COc1ccc(CN(c2cscn2)S(=O)(=O)c2cc(C)c(N(C)[C@H]3CCN(C(=O)c4nc(C)oc4C)C3)cc2F)cc1. The lowest BCUT2D eigenvalue weighted by Gasteiger charge is -2.29. The Bertz CT molecular complexity index is 1690. The second kappa shape index (κ2) is 11.7. The molecule has 0 bridgehead atoms. The number of aromatic nitrogens is 2. The van der Waals surface area contributed by atoms with Crippen molar-refractivity contribution in [2.24, 2.45) is 0 Å². The summed E-state index contributed by atoms with van der Waals surface area (Å²) in [5, 5.41) is 1.61. The second-order valence-corrected chi connectivity index (χ2v) is 12.8. The molecular formula is C29H32FN5O5S2. The van der Waals surface area contributed by atoms with Crippen LogP contribution in [0, 0.1) is 26.6 Å². The number of carbonyl (C=O) groups excluding carboxylic acids is 1. The molecule has 1 atom stereocenters. The highest BCUT2D eigenvalue weighted by Crippen LogP contribution is 2.33. The van der Waals surface area contributed by atoms with Crippen LogP contribution in [0.3, 0.4) is 0 Å². The second-order valence-electron chi connectivity index (χ2n) is 10.2. The maximum absolute atomic E-state index is 15.7. The van der Waals surface area contributed by atoms with Crippen molar-refractivity contribution in [3.63, 3.8) is 0 Å². The van der Waals surface area contributed by atoms with E-state index in [2.05, 4.69) is 9.97 Å². The molecule has 0 radical (unpaired) electrons. The van der Waals surface area contributed by atoms with Crippen LogP contribution in [0.2, 0.25) is 0 Å². The molecule has 0 N–H and O–H groups in total. The summed E-state index contributed by atoms with van der Waals surface area (Å²) in [5.74, 6) is 0.689. The lowest BCUT2D eigenvalue weighted by atomic mass is 10.1. The van der Waals surface area contributed by atoms with Gasteiger partial charge in [-0.2, -0.15) is 0 Å². The van der Waals surface area contributed by atoms with Crippen molar-refractivity contribution in [3.05, 3.63) is 81.6 Å². The molecule has 42 heavy (non-hydrogen) atoms. The van der Waals surface area contributed by atoms with E-state index in [9.17, 15) is 13.2 Å². The number of sulfonamides is 1. The van der Waals surface area contributed by atoms with E-state index in [-0.39, 0.29) is 24.3 Å². The van der Waals surface area contributed by atoms with Gasteiger partial charge < -0.3 is 19.0 Å². The molecule has 5 rings (SSSR count). The molecule has 222 valence electrons. The fraction of sp³-hybridized carbons (Fsp3) is 0.345. The predicted molar refractivity (Wildman–Crippen MR) is 158 cm³/mol. The van der Waals surface area contributed by atoms with E-state index in [1.165, 1.54) is 29.0 Å². The van der Waals surface area contributed by atoms with Crippen LogP contribution in [0.15, 0.2) is 56.6 Å². The van der Waals surface area contributed by atoms with Gasteiger partial charge in [-0.15, -0.1) is 11.3 Å². The van der Waals surface area contributed by atoms with Crippen molar-refractivity contribution in [1.29, 1.82) is 0 Å². The largest absolute Gasteiger partial charge is 0.497 e. The number of benzene rings is 2. The Morgan fingerprint density at radius 1 is 1.21 bits per heavy atom. The molecule has 13 heteroatoms. The zero-order valence-electron chi connectivity index (χ0n) is 24.0. The number of hydrogen-bond acceptors (Lipinski definition) is 9. The lowest BCUT2D eigenvalue weighted by molar-refractivity contribution is 0.0784. The Labute approximate surface area is 248 Å². The van der Waals surface area contributed by atoms with Crippen LogP contribution < -0.4 is 13.9 Å². The van der Waals surface area contributed by atoms with Crippen molar-refractivity contribution >= 4 is 38.8 Å². The monoisotopic (exact) mass is 613 g/mol. The van der Waals surface area contributed by atoms with Crippen molar-refractivity contribution in [2.45, 2.75) is 44.7 Å². The first-order valence-corrected chi connectivity index (χ1v) is 15.7. The summed E-state index contributed by atoms with van der Waals surface area (Å²) >= 11 is 1.25. The number of likely N-dealkylation sites (N-methyl/N-ethyl adjacent to an activating group) is 1. The Balaban J connectivity index is 1.39. The normalized spacial score (nSPS) is 15.2. The quantitative estimate of drug-likeness (QED) is 0.261. The zero-order valence-corrected chi connectivity index (χ0v) is 25.6. The summed E-state index contributed by atoms with van der Waals surface area (Å²) in [6.07, 6.45) is 0.665. The minimum atomic E-state index is -4.32. The van der Waals surface area contributed by atoms with E-state index >= 15 is 4.39 Å². The van der Waals surface area contributed by atoms with Gasteiger partial charge in [0.2, 0.25) is 0 Å². The lowest BCUT2D eigenvalue weighted by Crippen LogP contribution is -2.37. The third-order valence-electron chi connectivity index (χ3n) is 7.46. The smallest absolute Gasteiger partial charge is 0.276 e. The first-order chi connectivity index (χ1) is 20.0. The fourth-order valence-corrected chi connectivity index (χ4v) is 7.31. The number of hydrogen-bond donors (Lipinski definition) is 0. The van der Waals surface area contributed by atoms with E-state index in [0.717, 1.165) is 4.31 Å². The average molecular weight is 614 g/mol. The number of halogens is 1. The van der Waals surface area contributed by atoms with Crippen LogP contribution >= 0.6 is 11.3 Å². The van der Waals surface area contributed by atoms with Gasteiger partial charge in [0.05, 0.1) is 19.2 Å². The summed E-state index contributed by atoms with van der Waals surface area (Å²) in [6, 6.07) is 9.52. The highest BCUT2D eigenvalue weighted by atomic mass is 32.2. The van der Waals surface area contributed by atoms with Gasteiger partial charge in [0.15, 0.2) is 17.4 Å². The van der Waals surface area contributed by atoms with E-state index in [1.807, 2.05) is 11.9 Å². The molecule has 0 unspecified atom stereocenters. The summed E-state index contributed by atoms with van der Waals surface area (Å²) in [4.78, 5) is 24.6. The first-order valence-electron chi connectivity index (χ1n) is 13.3. The maximum atomic E-state index is 15.7. The molecule has 2 aromatic heterocycles. The predicted octanol–water partition coefficient (Wildman–Crippen LogP) is 4.95. The number of amides is 1. The van der Waals surface area contributed by atoms with Crippen molar-refractivity contribution in [1.82, 2.24) is 14.9 Å². The van der Waals surface area contributed by atoms with Gasteiger partial charge in [-0.3, -0.25) is 4.79 Å². The molecule has 10 nitrogen and oxygen atoms in total. The Hall–Kier alpha value is -3.97. The molecule has 1 amide bonds. The molecule has 4 aromatic rings. The molecule has 0 saturated carbocycles. The van der Waals surface area contributed by atoms with Gasteiger partial charge in [-0.25, -0.2) is 27.1 Å². The molecular weight excluding hydrogens is 581 g/mol. The number of thiazole rings is 1. The summed E-state index contributed by atoms with van der Waals surface area (Å²) in [5.41, 5.74) is 3.67. The number of ether oxygens (including phenoxy) is 1. The van der Waals surface area contributed by atoms with E-state index in [4.69, 9.17) is 9.15 Å². The minimum Gasteiger partial charge on any atom is -0.497 e. The van der Waals surface area contributed by atoms with Crippen molar-refractivity contribution < 1.29 is 26.8 Å². The highest BCUT2D eigenvalue weighted by Gasteiger charge is 2.34. The van der Waals surface area contributed by atoms with Gasteiger partial charge in [0.25, 0.3) is 15.9 Å². The van der Waals surface area contributed by atoms with E-state index in [1.54, 1.807) is 62.4 Å². The summed E-state index contributed by atoms with van der Waals surface area (Å²) in [6.45, 7) is 6.05. The first kappa shape index (κ1) is 29.5. The number of carbonyl (C=O) groups is 1. The summed E-state index contributed by atoms with van der Waals surface area (Å²) in [7, 11) is -0.945. The van der Waals surface area contributed by atoms with Crippen molar-refractivity contribution in [3.8, 4) is 5.75 Å². The topological polar surface area (TPSA) is 109 Å². The summed E-state index contributed by atoms with van der Waals surface area (Å²) < 4.78 is 55.3. The Kier molecular flexibility index (Phi) is 8.24. The van der Waals surface area contributed by atoms with Crippen LogP contribution in [-0.2, 0) is 16.6 Å². The highest BCUT2D eigenvalue weighted by molar-refractivity contribution is 7.92. The van der Waals surface area contributed by atoms with Gasteiger partial charge >= 0.3 is 0 Å². The van der Waals surface area contributed by atoms with Crippen LogP contribution in [0.5, 0.6) is 5.75 Å². The number of aryl methyl sites for hydroxylation is 3. The number of oxazole rings is 1. The van der Waals surface area contributed by atoms with Crippen LogP contribution in [0.4, 0.5) is 15.9 Å². The molecule has 1 aliphatic rings. The molecule has 0 aliphatic carbocycles. The van der Waals surface area contributed by atoms with Gasteiger partial charge in [-0.1, -0.05) is 12.1 Å². The molecule has 3 heterocycles. The minimum absolute atomic E-state index is 0.0351. The Morgan fingerprint density at radius 3 is 2.57 bits per heavy atom. The maximum Gasteiger partial charge on any atom is 0.276 e. The Morgan fingerprint density at radius 2 is 1.95 bits per heavy atom. The van der Waals surface area contributed by atoms with Crippen LogP contribution in [0.1, 0.15) is 39.7 Å².